The molecule has 1 aliphatic rings. The van der Waals surface area contributed by atoms with Crippen LogP contribution in [0.25, 0.3) is 0 Å². The van der Waals surface area contributed by atoms with Gasteiger partial charge in [-0.3, -0.25) is 0 Å². The highest BCUT2D eigenvalue weighted by Crippen LogP contribution is 2.29. The van der Waals surface area contributed by atoms with Crippen molar-refractivity contribution in [2.45, 2.75) is 45.6 Å². The van der Waals surface area contributed by atoms with Crippen molar-refractivity contribution in [1.29, 1.82) is 0 Å². The normalized spacial score (nSPS) is 33.2. The first kappa shape index (κ1) is 12.0. The summed E-state index contributed by atoms with van der Waals surface area (Å²) < 4.78 is 5.03. The largest absolute Gasteiger partial charge is 0.385 e. The summed E-state index contributed by atoms with van der Waals surface area (Å²) in [5.74, 6) is 1.82. The summed E-state index contributed by atoms with van der Waals surface area (Å²) >= 11 is 0. The van der Waals surface area contributed by atoms with Gasteiger partial charge in [0, 0.05) is 19.8 Å². The average molecular weight is 199 g/mol. The van der Waals surface area contributed by atoms with Gasteiger partial charge in [-0.2, -0.15) is 0 Å². The maximum absolute atomic E-state index is 5.03. The fourth-order valence-corrected chi connectivity index (χ4v) is 2.26. The number of hydrogen-bond acceptors (Lipinski definition) is 2. The van der Waals surface area contributed by atoms with E-state index in [0.29, 0.717) is 0 Å². The molecule has 0 radical (unpaired) electrons. The van der Waals surface area contributed by atoms with Gasteiger partial charge < -0.3 is 10.1 Å². The Morgan fingerprint density at radius 3 is 2.64 bits per heavy atom. The van der Waals surface area contributed by atoms with Crippen LogP contribution in [0.4, 0.5) is 0 Å². The molecule has 14 heavy (non-hydrogen) atoms. The highest BCUT2D eigenvalue weighted by molar-refractivity contribution is 4.79. The molecule has 0 aliphatic heterocycles. The maximum Gasteiger partial charge on any atom is 0.0474 e. The fraction of sp³-hybridized carbons (Fsp3) is 1.00. The van der Waals surface area contributed by atoms with Crippen LogP contribution in [0.5, 0.6) is 0 Å². The second-order valence-corrected chi connectivity index (χ2v) is 4.77. The summed E-state index contributed by atoms with van der Waals surface area (Å²) in [7, 11) is 1.77. The lowest BCUT2D eigenvalue weighted by molar-refractivity contribution is 0.186. The molecule has 84 valence electrons. The number of ether oxygens (including phenoxy) is 1. The molecule has 3 atom stereocenters. The molecule has 1 saturated carbocycles. The molecule has 1 rings (SSSR count). The van der Waals surface area contributed by atoms with Gasteiger partial charge in [0.05, 0.1) is 0 Å². The van der Waals surface area contributed by atoms with E-state index < -0.39 is 0 Å². The summed E-state index contributed by atoms with van der Waals surface area (Å²) in [5.41, 5.74) is 0. The lowest BCUT2D eigenvalue weighted by Gasteiger charge is -2.32. The SMILES string of the molecule is COCCCN[C@H]1CC[C@@H](C)[C@@H](C)C1. The van der Waals surface area contributed by atoms with Crippen molar-refractivity contribution in [3.63, 3.8) is 0 Å². The van der Waals surface area contributed by atoms with Crippen LogP contribution >= 0.6 is 0 Å². The lowest BCUT2D eigenvalue weighted by Crippen LogP contribution is -2.36. The molecule has 0 amide bonds. The van der Waals surface area contributed by atoms with E-state index in [4.69, 9.17) is 4.74 Å². The minimum Gasteiger partial charge on any atom is -0.385 e. The van der Waals surface area contributed by atoms with Crippen molar-refractivity contribution >= 4 is 0 Å². The predicted molar refractivity (Wildman–Crippen MR) is 60.5 cm³/mol. The number of nitrogens with one attached hydrogen (secondary N) is 1. The second-order valence-electron chi connectivity index (χ2n) is 4.77. The molecule has 0 aromatic carbocycles. The monoisotopic (exact) mass is 199 g/mol. The van der Waals surface area contributed by atoms with E-state index >= 15 is 0 Å². The molecule has 2 heteroatoms. The van der Waals surface area contributed by atoms with Gasteiger partial charge in [0.15, 0.2) is 0 Å². The summed E-state index contributed by atoms with van der Waals surface area (Å²) in [6, 6.07) is 0.762. The fourth-order valence-electron chi connectivity index (χ4n) is 2.26. The molecule has 0 aromatic heterocycles. The Morgan fingerprint density at radius 2 is 2.00 bits per heavy atom. The average Bonchev–Trinajstić information content (AvgIpc) is 2.18. The minimum atomic E-state index is 0.762. The molecule has 1 fully saturated rings. The maximum atomic E-state index is 5.03. The molecule has 0 saturated heterocycles. The van der Waals surface area contributed by atoms with Crippen molar-refractivity contribution in [2.24, 2.45) is 11.8 Å². The van der Waals surface area contributed by atoms with Gasteiger partial charge in [-0.15, -0.1) is 0 Å². The topological polar surface area (TPSA) is 21.3 Å². The summed E-state index contributed by atoms with van der Waals surface area (Å²) in [4.78, 5) is 0. The first-order chi connectivity index (χ1) is 6.74. The Balaban J connectivity index is 2.07. The van der Waals surface area contributed by atoms with E-state index in [1.807, 2.05) is 0 Å². The predicted octanol–water partition coefficient (Wildman–Crippen LogP) is 2.44. The third-order valence-electron chi connectivity index (χ3n) is 3.56. The molecule has 0 spiro atoms. The molecule has 0 bridgehead atoms. The summed E-state index contributed by atoms with van der Waals surface area (Å²) in [6.45, 7) is 6.75. The van der Waals surface area contributed by atoms with Crippen molar-refractivity contribution in [1.82, 2.24) is 5.32 Å². The Bertz CT molecular complexity index is 149. The van der Waals surface area contributed by atoms with Crippen LogP contribution < -0.4 is 5.32 Å². The van der Waals surface area contributed by atoms with Gasteiger partial charge in [-0.05, 0) is 44.1 Å². The van der Waals surface area contributed by atoms with E-state index in [0.717, 1.165) is 37.5 Å². The van der Waals surface area contributed by atoms with Gasteiger partial charge in [-0.1, -0.05) is 13.8 Å². The summed E-state index contributed by atoms with van der Waals surface area (Å²) in [5, 5.41) is 3.63. The number of hydrogen-bond donors (Lipinski definition) is 1. The Morgan fingerprint density at radius 1 is 1.21 bits per heavy atom. The van der Waals surface area contributed by atoms with Crippen molar-refractivity contribution in [2.75, 3.05) is 20.3 Å². The Hall–Kier alpha value is -0.0800. The highest BCUT2D eigenvalue weighted by Gasteiger charge is 2.23. The van der Waals surface area contributed by atoms with Crippen LogP contribution in [0.2, 0.25) is 0 Å². The van der Waals surface area contributed by atoms with Crippen LogP contribution in [0.1, 0.15) is 39.5 Å². The minimum absolute atomic E-state index is 0.762. The smallest absolute Gasteiger partial charge is 0.0474 e. The van der Waals surface area contributed by atoms with Crippen LogP contribution in [0.3, 0.4) is 0 Å². The van der Waals surface area contributed by atoms with Crippen LogP contribution in [0, 0.1) is 11.8 Å². The molecule has 1 N–H and O–H groups in total. The highest BCUT2D eigenvalue weighted by atomic mass is 16.5. The molecule has 0 heterocycles. The van der Waals surface area contributed by atoms with Crippen LogP contribution in [-0.2, 0) is 4.74 Å². The van der Waals surface area contributed by atoms with E-state index in [1.165, 1.54) is 19.3 Å². The first-order valence-electron chi connectivity index (χ1n) is 5.96. The molecular weight excluding hydrogens is 174 g/mol. The van der Waals surface area contributed by atoms with Crippen LogP contribution in [-0.4, -0.2) is 26.3 Å². The second kappa shape index (κ2) is 6.41. The quantitative estimate of drug-likeness (QED) is 0.687. The van der Waals surface area contributed by atoms with E-state index in [1.54, 1.807) is 7.11 Å². The Labute approximate surface area is 88.4 Å². The van der Waals surface area contributed by atoms with Gasteiger partial charge in [0.2, 0.25) is 0 Å². The number of rotatable bonds is 5. The molecule has 1 aliphatic carbocycles. The van der Waals surface area contributed by atoms with Gasteiger partial charge in [-0.25, -0.2) is 0 Å². The number of methoxy groups -OCH3 is 1. The van der Waals surface area contributed by atoms with Gasteiger partial charge in [0.25, 0.3) is 0 Å². The molecular formula is C12H25NO. The van der Waals surface area contributed by atoms with Crippen LogP contribution in [0.15, 0.2) is 0 Å². The third kappa shape index (κ3) is 3.97. The molecule has 0 aromatic rings. The zero-order valence-electron chi connectivity index (χ0n) is 9.88. The van der Waals surface area contributed by atoms with Crippen molar-refractivity contribution in [3.8, 4) is 0 Å². The van der Waals surface area contributed by atoms with E-state index in [9.17, 15) is 0 Å². The van der Waals surface area contributed by atoms with E-state index in [-0.39, 0.29) is 0 Å². The van der Waals surface area contributed by atoms with E-state index in [2.05, 4.69) is 19.2 Å². The molecule has 0 unspecified atom stereocenters. The van der Waals surface area contributed by atoms with Crippen molar-refractivity contribution in [3.05, 3.63) is 0 Å². The van der Waals surface area contributed by atoms with Gasteiger partial charge >= 0.3 is 0 Å². The summed E-state index contributed by atoms with van der Waals surface area (Å²) in [6.07, 6.45) is 5.24. The first-order valence-corrected chi connectivity index (χ1v) is 5.96. The standard InChI is InChI=1S/C12H25NO/c1-10-5-6-12(9-11(10)2)13-7-4-8-14-3/h10-13H,4-9H2,1-3H3/t10-,11+,12+/m1/s1. The zero-order valence-corrected chi connectivity index (χ0v) is 9.88. The Kier molecular flexibility index (Phi) is 5.49. The zero-order chi connectivity index (χ0) is 10.4. The van der Waals surface area contributed by atoms with Crippen molar-refractivity contribution < 1.29 is 4.74 Å². The van der Waals surface area contributed by atoms with Gasteiger partial charge in [0.1, 0.15) is 0 Å². The molecule has 2 nitrogen and oxygen atoms in total. The third-order valence-corrected chi connectivity index (χ3v) is 3.56. The lowest BCUT2D eigenvalue weighted by atomic mass is 9.79.